The summed E-state index contributed by atoms with van der Waals surface area (Å²) in [6, 6.07) is 16.0. The van der Waals surface area contributed by atoms with E-state index in [0.717, 1.165) is 11.1 Å². The maximum absolute atomic E-state index is 12.8. The number of carbonyl (C=O) groups is 3. The van der Waals surface area contributed by atoms with Crippen LogP contribution in [0.1, 0.15) is 42.7 Å². The van der Waals surface area contributed by atoms with Crippen LogP contribution in [0.2, 0.25) is 0 Å². The summed E-state index contributed by atoms with van der Waals surface area (Å²) in [6.07, 6.45) is 5.35. The van der Waals surface area contributed by atoms with Gasteiger partial charge in [0.15, 0.2) is 0 Å². The smallest absolute Gasteiger partial charge is 0.407 e. The standard InChI is InChI=1S/C27H28N2O5/c30-24(31)17-6-5-7-18(14-17)29-25(32)27(12-13-27)16-28-26(33)34-15-23-21-10-3-1-8-19(21)20-9-2-4-11-22(20)23/h1-5,7-11,17-18,23H,6,12-16H2,(H,28,33)(H,29,32)(H,30,31)/t17-,18-/m1/s1. The molecule has 0 aliphatic heterocycles. The predicted octanol–water partition coefficient (Wildman–Crippen LogP) is 3.84. The summed E-state index contributed by atoms with van der Waals surface area (Å²) in [4.78, 5) is 36.6. The van der Waals surface area contributed by atoms with Gasteiger partial charge in [0.05, 0.1) is 11.3 Å². The fourth-order valence-electron chi connectivity index (χ4n) is 5.04. The van der Waals surface area contributed by atoms with E-state index in [1.165, 1.54) is 11.1 Å². The number of hydrogen-bond donors (Lipinski definition) is 3. The van der Waals surface area contributed by atoms with E-state index in [0.29, 0.717) is 25.7 Å². The van der Waals surface area contributed by atoms with E-state index >= 15 is 0 Å². The average molecular weight is 461 g/mol. The van der Waals surface area contributed by atoms with Gasteiger partial charge in [-0.15, -0.1) is 0 Å². The van der Waals surface area contributed by atoms with Crippen molar-refractivity contribution in [2.45, 2.75) is 37.6 Å². The minimum atomic E-state index is -0.846. The highest BCUT2D eigenvalue weighted by molar-refractivity contribution is 5.87. The Morgan fingerprint density at radius 1 is 1.00 bits per heavy atom. The van der Waals surface area contributed by atoms with Gasteiger partial charge in [-0.1, -0.05) is 60.7 Å². The van der Waals surface area contributed by atoms with Crippen molar-refractivity contribution in [2.24, 2.45) is 11.3 Å². The molecule has 0 aromatic heterocycles. The minimum Gasteiger partial charge on any atom is -0.481 e. The zero-order valence-corrected chi connectivity index (χ0v) is 18.8. The lowest BCUT2D eigenvalue weighted by Crippen LogP contribution is -2.45. The molecule has 1 saturated carbocycles. The summed E-state index contributed by atoms with van der Waals surface area (Å²) in [5.74, 6) is -1.49. The quantitative estimate of drug-likeness (QED) is 0.545. The summed E-state index contributed by atoms with van der Waals surface area (Å²) in [7, 11) is 0. The molecule has 3 N–H and O–H groups in total. The van der Waals surface area contributed by atoms with Gasteiger partial charge in [0.25, 0.3) is 0 Å². The minimum absolute atomic E-state index is 0.0170. The van der Waals surface area contributed by atoms with Crippen LogP contribution in [0.3, 0.4) is 0 Å². The molecule has 2 atom stereocenters. The summed E-state index contributed by atoms with van der Waals surface area (Å²) in [6.45, 7) is 0.427. The number of carboxylic acids is 1. The first kappa shape index (κ1) is 22.2. The number of carbonyl (C=O) groups excluding carboxylic acids is 2. The zero-order chi connectivity index (χ0) is 23.7. The van der Waals surface area contributed by atoms with Crippen LogP contribution in [-0.4, -0.2) is 42.3 Å². The van der Waals surface area contributed by atoms with Gasteiger partial charge in [0.2, 0.25) is 5.91 Å². The van der Waals surface area contributed by atoms with E-state index in [1.807, 2.05) is 36.4 Å². The first-order chi connectivity index (χ1) is 16.5. The highest BCUT2D eigenvalue weighted by Gasteiger charge is 2.50. The monoisotopic (exact) mass is 460 g/mol. The Bertz CT molecular complexity index is 1110. The Morgan fingerprint density at radius 3 is 2.26 bits per heavy atom. The number of alkyl carbamates (subject to hydrolysis) is 1. The lowest BCUT2D eigenvalue weighted by molar-refractivity contribution is -0.142. The molecule has 7 nitrogen and oxygen atoms in total. The number of allylic oxidation sites excluding steroid dienone is 1. The Morgan fingerprint density at radius 2 is 1.65 bits per heavy atom. The van der Waals surface area contributed by atoms with E-state index in [9.17, 15) is 19.5 Å². The number of nitrogens with one attached hydrogen (secondary N) is 2. The molecular formula is C27H28N2O5. The molecule has 3 aliphatic rings. The average Bonchev–Trinajstić information content (AvgIpc) is 3.58. The van der Waals surface area contributed by atoms with Crippen LogP contribution in [0.4, 0.5) is 4.79 Å². The van der Waals surface area contributed by atoms with Gasteiger partial charge >= 0.3 is 12.1 Å². The van der Waals surface area contributed by atoms with Crippen LogP contribution in [0.5, 0.6) is 0 Å². The molecule has 0 bridgehead atoms. The second kappa shape index (κ2) is 8.97. The summed E-state index contributed by atoms with van der Waals surface area (Å²) < 4.78 is 5.57. The normalized spacial score (nSPS) is 21.8. The van der Waals surface area contributed by atoms with Gasteiger partial charge in [-0.05, 0) is 47.9 Å². The maximum atomic E-state index is 12.8. The SMILES string of the molecule is O=C(NCC1(C(=O)N[C@@H]2C=CC[C@@H](C(=O)O)C2)CC1)OCC1c2ccccc2-c2ccccc21. The van der Waals surface area contributed by atoms with Crippen LogP contribution in [-0.2, 0) is 14.3 Å². The van der Waals surface area contributed by atoms with Gasteiger partial charge in [-0.3, -0.25) is 9.59 Å². The topological polar surface area (TPSA) is 105 Å². The van der Waals surface area contributed by atoms with E-state index in [4.69, 9.17) is 4.74 Å². The van der Waals surface area contributed by atoms with Crippen molar-refractivity contribution < 1.29 is 24.2 Å². The molecule has 5 rings (SSSR count). The van der Waals surface area contributed by atoms with E-state index < -0.39 is 23.4 Å². The van der Waals surface area contributed by atoms with E-state index in [2.05, 4.69) is 34.9 Å². The third kappa shape index (κ3) is 4.30. The number of aliphatic carboxylic acids is 1. The summed E-state index contributed by atoms with van der Waals surface area (Å²) >= 11 is 0. The molecule has 1 fully saturated rings. The van der Waals surface area contributed by atoms with Crippen LogP contribution in [0.15, 0.2) is 60.7 Å². The number of carboxylic acid groups (broad SMARTS) is 1. The molecule has 0 radical (unpaired) electrons. The first-order valence-electron chi connectivity index (χ1n) is 11.8. The molecule has 0 heterocycles. The molecule has 3 aliphatic carbocycles. The first-order valence-corrected chi connectivity index (χ1v) is 11.8. The Kier molecular flexibility index (Phi) is 5.86. The zero-order valence-electron chi connectivity index (χ0n) is 18.8. The van der Waals surface area contributed by atoms with Gasteiger partial charge < -0.3 is 20.5 Å². The van der Waals surface area contributed by atoms with E-state index in [1.54, 1.807) is 0 Å². The van der Waals surface area contributed by atoms with Crippen molar-refractivity contribution in [1.82, 2.24) is 10.6 Å². The number of hydrogen-bond acceptors (Lipinski definition) is 4. The Labute approximate surface area is 198 Å². The summed E-state index contributed by atoms with van der Waals surface area (Å²) in [5.41, 5.74) is 3.99. The Hall–Kier alpha value is -3.61. The molecule has 0 spiro atoms. The van der Waals surface area contributed by atoms with Crippen molar-refractivity contribution >= 4 is 18.0 Å². The number of rotatable bonds is 7. The van der Waals surface area contributed by atoms with Crippen molar-refractivity contribution in [3.05, 3.63) is 71.8 Å². The van der Waals surface area contributed by atoms with Gasteiger partial charge in [-0.2, -0.15) is 0 Å². The van der Waals surface area contributed by atoms with Crippen LogP contribution in [0, 0.1) is 11.3 Å². The predicted molar refractivity (Wildman–Crippen MR) is 126 cm³/mol. The second-order valence-electron chi connectivity index (χ2n) is 9.47. The molecule has 176 valence electrons. The maximum Gasteiger partial charge on any atom is 0.407 e. The van der Waals surface area contributed by atoms with Crippen molar-refractivity contribution in [2.75, 3.05) is 13.2 Å². The number of benzene rings is 2. The largest absolute Gasteiger partial charge is 0.481 e. The number of ether oxygens (including phenoxy) is 1. The molecule has 2 aromatic carbocycles. The molecular weight excluding hydrogens is 432 g/mol. The van der Waals surface area contributed by atoms with Crippen molar-refractivity contribution in [3.8, 4) is 11.1 Å². The molecule has 34 heavy (non-hydrogen) atoms. The molecule has 0 saturated heterocycles. The number of fused-ring (bicyclic) bond motifs is 3. The third-order valence-corrected chi connectivity index (χ3v) is 7.24. The fourth-order valence-corrected chi connectivity index (χ4v) is 5.04. The van der Waals surface area contributed by atoms with Gasteiger partial charge in [0, 0.05) is 18.5 Å². The molecule has 7 heteroatoms. The Balaban J connectivity index is 1.14. The fraction of sp³-hybridized carbons (Fsp3) is 0.370. The van der Waals surface area contributed by atoms with Gasteiger partial charge in [0.1, 0.15) is 6.61 Å². The molecule has 2 aromatic rings. The van der Waals surface area contributed by atoms with Crippen LogP contribution < -0.4 is 10.6 Å². The lowest BCUT2D eigenvalue weighted by Gasteiger charge is -2.25. The highest BCUT2D eigenvalue weighted by Crippen LogP contribution is 2.46. The van der Waals surface area contributed by atoms with Crippen LogP contribution >= 0.6 is 0 Å². The van der Waals surface area contributed by atoms with Crippen molar-refractivity contribution in [1.29, 1.82) is 0 Å². The lowest BCUT2D eigenvalue weighted by atomic mass is 9.90. The van der Waals surface area contributed by atoms with E-state index in [-0.39, 0.29) is 31.0 Å². The summed E-state index contributed by atoms with van der Waals surface area (Å²) in [5, 5.41) is 15.0. The van der Waals surface area contributed by atoms with Crippen molar-refractivity contribution in [3.63, 3.8) is 0 Å². The van der Waals surface area contributed by atoms with Gasteiger partial charge in [-0.25, -0.2) is 4.79 Å². The highest BCUT2D eigenvalue weighted by atomic mass is 16.5. The molecule has 0 unspecified atom stereocenters. The third-order valence-electron chi connectivity index (χ3n) is 7.24. The molecule has 2 amide bonds. The second-order valence-corrected chi connectivity index (χ2v) is 9.47. The number of amides is 2. The van der Waals surface area contributed by atoms with Crippen LogP contribution in [0.25, 0.3) is 11.1 Å².